The zero-order chi connectivity index (χ0) is 19.3. The molecular formula is C18H17Cl2N3O3S. The quantitative estimate of drug-likeness (QED) is 0.789. The molecule has 27 heavy (non-hydrogen) atoms. The maximum Gasteiger partial charge on any atom is 0.243 e. The highest BCUT2D eigenvalue weighted by Crippen LogP contribution is 2.39. The molecule has 1 atom stereocenters. The number of sulfonamides is 1. The first-order chi connectivity index (χ1) is 12.8. The van der Waals surface area contributed by atoms with E-state index in [1.165, 1.54) is 16.4 Å². The first kappa shape index (κ1) is 18.7. The highest BCUT2D eigenvalue weighted by atomic mass is 35.5. The summed E-state index contributed by atoms with van der Waals surface area (Å²) >= 11 is 12.9. The van der Waals surface area contributed by atoms with E-state index in [4.69, 9.17) is 28.9 Å². The third-order valence-corrected chi connectivity index (χ3v) is 7.47. The Labute approximate surface area is 167 Å². The van der Waals surface area contributed by atoms with Crippen LogP contribution in [-0.2, 0) is 16.6 Å². The average molecular weight is 426 g/mol. The fourth-order valence-corrected chi connectivity index (χ4v) is 5.68. The van der Waals surface area contributed by atoms with Gasteiger partial charge >= 0.3 is 0 Å². The molecule has 0 aliphatic carbocycles. The molecular weight excluding hydrogens is 409 g/mol. The molecule has 6 nitrogen and oxygen atoms in total. The van der Waals surface area contributed by atoms with Crippen molar-refractivity contribution >= 4 is 39.1 Å². The molecule has 0 spiro atoms. The van der Waals surface area contributed by atoms with Gasteiger partial charge in [-0.15, -0.1) is 0 Å². The standard InChI is InChI=1S/C18H17Cl2N3O3S/c19-15-7-12(27(25,26)23-6-5-11(24)9-23)2-4-13(15)14-3-1-10-8-22-18(21)16(10)17(14)20/h1-4,7,11,24H,5-6,8-9H2,(H2,21,22)/t11-/m1/s1. The van der Waals surface area contributed by atoms with Crippen molar-refractivity contribution in [3.05, 3.63) is 51.5 Å². The molecule has 142 valence electrons. The Hall–Kier alpha value is -1.64. The molecule has 2 aliphatic heterocycles. The van der Waals surface area contributed by atoms with Crippen LogP contribution in [0, 0.1) is 0 Å². The summed E-state index contributed by atoms with van der Waals surface area (Å²) in [7, 11) is -3.70. The Balaban J connectivity index is 1.74. The van der Waals surface area contributed by atoms with Crippen LogP contribution in [0.25, 0.3) is 11.1 Å². The fraction of sp³-hybridized carbons (Fsp3) is 0.278. The van der Waals surface area contributed by atoms with E-state index in [-0.39, 0.29) is 23.0 Å². The lowest BCUT2D eigenvalue weighted by atomic mass is 9.99. The van der Waals surface area contributed by atoms with Gasteiger partial charge in [0.2, 0.25) is 10.0 Å². The van der Waals surface area contributed by atoms with Gasteiger partial charge < -0.3 is 10.8 Å². The molecule has 2 aliphatic rings. The van der Waals surface area contributed by atoms with Gasteiger partial charge in [0, 0.05) is 34.8 Å². The Morgan fingerprint density at radius 2 is 1.93 bits per heavy atom. The number of hydrogen-bond donors (Lipinski definition) is 2. The molecule has 3 N–H and O–H groups in total. The summed E-state index contributed by atoms with van der Waals surface area (Å²) in [5.74, 6) is 0.389. The third-order valence-electron chi connectivity index (χ3n) is 4.90. The Morgan fingerprint density at radius 1 is 1.19 bits per heavy atom. The van der Waals surface area contributed by atoms with Crippen molar-refractivity contribution < 1.29 is 13.5 Å². The number of hydrogen-bond acceptors (Lipinski definition) is 5. The zero-order valence-corrected chi connectivity index (χ0v) is 16.5. The number of rotatable bonds is 3. The number of amidine groups is 1. The summed E-state index contributed by atoms with van der Waals surface area (Å²) in [6.07, 6.45) is -0.203. The molecule has 1 fully saturated rings. The van der Waals surface area contributed by atoms with E-state index < -0.39 is 16.1 Å². The molecule has 0 unspecified atom stereocenters. The molecule has 9 heteroatoms. The second-order valence-corrected chi connectivity index (χ2v) is 9.33. The first-order valence-corrected chi connectivity index (χ1v) is 10.6. The number of nitrogens with zero attached hydrogens (tertiary/aromatic N) is 2. The summed E-state index contributed by atoms with van der Waals surface area (Å²) in [5, 5.41) is 10.3. The van der Waals surface area contributed by atoms with Gasteiger partial charge in [-0.25, -0.2) is 8.42 Å². The number of fused-ring (bicyclic) bond motifs is 1. The van der Waals surface area contributed by atoms with Crippen molar-refractivity contribution in [3.8, 4) is 11.1 Å². The van der Waals surface area contributed by atoms with Crippen LogP contribution in [0.3, 0.4) is 0 Å². The van der Waals surface area contributed by atoms with E-state index in [2.05, 4.69) is 4.99 Å². The van der Waals surface area contributed by atoms with Crippen molar-refractivity contribution in [2.45, 2.75) is 24.0 Å². The maximum atomic E-state index is 12.7. The Morgan fingerprint density at radius 3 is 2.59 bits per heavy atom. The summed E-state index contributed by atoms with van der Waals surface area (Å²) in [4.78, 5) is 4.28. The molecule has 0 saturated carbocycles. The van der Waals surface area contributed by atoms with E-state index >= 15 is 0 Å². The predicted molar refractivity (Wildman–Crippen MR) is 106 cm³/mol. The fourth-order valence-electron chi connectivity index (χ4n) is 3.43. The third kappa shape index (κ3) is 3.13. The van der Waals surface area contributed by atoms with Gasteiger partial charge in [0.05, 0.1) is 22.6 Å². The minimum absolute atomic E-state index is 0.0868. The number of aliphatic hydroxyl groups is 1. The van der Waals surface area contributed by atoms with Gasteiger partial charge in [-0.1, -0.05) is 41.4 Å². The highest BCUT2D eigenvalue weighted by molar-refractivity contribution is 7.89. The maximum absolute atomic E-state index is 12.7. The lowest BCUT2D eigenvalue weighted by Gasteiger charge is -2.17. The molecule has 1 saturated heterocycles. The van der Waals surface area contributed by atoms with Gasteiger partial charge in [0.25, 0.3) is 0 Å². The average Bonchev–Trinajstić information content (AvgIpc) is 3.22. The minimum atomic E-state index is -3.70. The van der Waals surface area contributed by atoms with Gasteiger partial charge in [-0.05, 0) is 24.1 Å². The smallest absolute Gasteiger partial charge is 0.243 e. The molecule has 0 aromatic heterocycles. The van der Waals surface area contributed by atoms with Crippen LogP contribution in [0.15, 0.2) is 40.2 Å². The van der Waals surface area contributed by atoms with Crippen molar-refractivity contribution in [2.75, 3.05) is 13.1 Å². The van der Waals surface area contributed by atoms with Gasteiger partial charge in [-0.3, -0.25) is 4.99 Å². The lowest BCUT2D eigenvalue weighted by Crippen LogP contribution is -2.29. The van der Waals surface area contributed by atoms with Crippen molar-refractivity contribution in [3.63, 3.8) is 0 Å². The van der Waals surface area contributed by atoms with Gasteiger partial charge in [0.15, 0.2) is 0 Å². The van der Waals surface area contributed by atoms with Crippen LogP contribution in [0.5, 0.6) is 0 Å². The second-order valence-electron chi connectivity index (χ2n) is 6.61. The molecule has 2 aromatic rings. The van der Waals surface area contributed by atoms with Crippen LogP contribution in [-0.4, -0.2) is 42.9 Å². The van der Waals surface area contributed by atoms with Crippen molar-refractivity contribution in [2.24, 2.45) is 10.7 Å². The number of aliphatic hydroxyl groups excluding tert-OH is 1. The summed E-state index contributed by atoms with van der Waals surface area (Å²) in [6, 6.07) is 8.28. The van der Waals surface area contributed by atoms with E-state index in [9.17, 15) is 13.5 Å². The number of nitrogens with two attached hydrogens (primary N) is 1. The Bertz CT molecular complexity index is 1070. The topological polar surface area (TPSA) is 96.0 Å². The minimum Gasteiger partial charge on any atom is -0.392 e. The number of halogens is 2. The van der Waals surface area contributed by atoms with Crippen molar-refractivity contribution in [1.29, 1.82) is 0 Å². The SMILES string of the molecule is NC1=NCc2ccc(-c3ccc(S(=O)(=O)N4CC[C@@H](O)C4)cc3Cl)c(Cl)c21. The molecule has 0 radical (unpaired) electrons. The van der Waals surface area contributed by atoms with Crippen LogP contribution in [0.2, 0.25) is 10.0 Å². The van der Waals surface area contributed by atoms with Gasteiger partial charge in [-0.2, -0.15) is 4.31 Å². The molecule has 4 rings (SSSR count). The number of aliphatic imine (C=N–C) groups is 1. The predicted octanol–water partition coefficient (Wildman–Crippen LogP) is 2.63. The van der Waals surface area contributed by atoms with E-state index in [1.54, 1.807) is 6.07 Å². The zero-order valence-electron chi connectivity index (χ0n) is 14.2. The first-order valence-electron chi connectivity index (χ1n) is 8.39. The summed E-state index contributed by atoms with van der Waals surface area (Å²) < 4.78 is 26.7. The normalized spacial score (nSPS) is 20.0. The van der Waals surface area contributed by atoms with E-state index in [0.29, 0.717) is 40.5 Å². The molecule has 2 aromatic carbocycles. The highest BCUT2D eigenvalue weighted by Gasteiger charge is 2.32. The van der Waals surface area contributed by atoms with Crippen LogP contribution < -0.4 is 5.73 Å². The number of benzene rings is 2. The van der Waals surface area contributed by atoms with Crippen LogP contribution in [0.1, 0.15) is 17.5 Å². The monoisotopic (exact) mass is 425 g/mol. The second kappa shape index (κ2) is 6.76. The molecule has 2 heterocycles. The van der Waals surface area contributed by atoms with Crippen LogP contribution >= 0.6 is 23.2 Å². The van der Waals surface area contributed by atoms with Crippen LogP contribution in [0.4, 0.5) is 0 Å². The van der Waals surface area contributed by atoms with Gasteiger partial charge in [0.1, 0.15) is 5.84 Å². The Kier molecular flexibility index (Phi) is 4.68. The number of β-amino-alcohol motifs (C(OH)–C–C–N with tert-alkyl or cyclic N) is 1. The molecule has 0 amide bonds. The largest absolute Gasteiger partial charge is 0.392 e. The summed E-state index contributed by atoms with van der Waals surface area (Å²) in [6.45, 7) is 0.878. The lowest BCUT2D eigenvalue weighted by molar-refractivity contribution is 0.189. The van der Waals surface area contributed by atoms with Crippen molar-refractivity contribution in [1.82, 2.24) is 4.31 Å². The van der Waals surface area contributed by atoms with E-state index in [1.807, 2.05) is 12.1 Å². The van der Waals surface area contributed by atoms with E-state index in [0.717, 1.165) is 5.56 Å². The molecule has 0 bridgehead atoms. The summed E-state index contributed by atoms with van der Waals surface area (Å²) in [5.41, 5.74) is 8.85.